The van der Waals surface area contributed by atoms with E-state index in [2.05, 4.69) is 31.7 Å². The Morgan fingerprint density at radius 2 is 2.08 bits per heavy atom. The van der Waals surface area contributed by atoms with Crippen molar-refractivity contribution in [2.75, 3.05) is 37.6 Å². The number of nitrogens with one attached hydrogen (secondary N) is 1. The highest BCUT2D eigenvalue weighted by atomic mass is 16.3. The van der Waals surface area contributed by atoms with Crippen molar-refractivity contribution in [3.8, 4) is 11.3 Å². The molecule has 0 unspecified atom stereocenters. The predicted molar refractivity (Wildman–Crippen MR) is 92.2 cm³/mol. The molecule has 0 saturated carbocycles. The van der Waals surface area contributed by atoms with Gasteiger partial charge in [0.15, 0.2) is 5.65 Å². The molecule has 0 bridgehead atoms. The van der Waals surface area contributed by atoms with Gasteiger partial charge in [0.25, 0.3) is 5.56 Å². The molecule has 1 fully saturated rings. The molecule has 0 aliphatic carbocycles. The number of fused-ring (bicyclic) bond motifs is 1. The molecular formula is C17H19N5O2. The van der Waals surface area contributed by atoms with Crippen LogP contribution in [0.15, 0.2) is 39.9 Å². The van der Waals surface area contributed by atoms with Gasteiger partial charge in [0.1, 0.15) is 5.76 Å². The van der Waals surface area contributed by atoms with E-state index in [1.807, 2.05) is 6.07 Å². The highest BCUT2D eigenvalue weighted by molar-refractivity contribution is 5.90. The molecule has 1 aliphatic rings. The van der Waals surface area contributed by atoms with Gasteiger partial charge in [0.2, 0.25) is 5.95 Å². The number of nitrogens with zero attached hydrogens (tertiary/aromatic N) is 4. The minimum Gasteiger partial charge on any atom is -0.464 e. The minimum absolute atomic E-state index is 0.188. The lowest BCUT2D eigenvalue weighted by atomic mass is 10.1. The van der Waals surface area contributed by atoms with Crippen molar-refractivity contribution in [3.63, 3.8) is 0 Å². The summed E-state index contributed by atoms with van der Waals surface area (Å²) in [4.78, 5) is 28.9. The molecule has 24 heavy (non-hydrogen) atoms. The standard InChI is InChI=1S/C17H19N5O2/c1-2-21-7-9-22(10-8-21)17-19-15-14(16(23)20-17)12(5-6-18-15)13-4-3-11-24-13/h3-6,11H,2,7-10H2,1H3,(H,18,19,20,23). The Labute approximate surface area is 138 Å². The monoisotopic (exact) mass is 325 g/mol. The largest absolute Gasteiger partial charge is 0.464 e. The highest BCUT2D eigenvalue weighted by Crippen LogP contribution is 2.25. The zero-order chi connectivity index (χ0) is 16.5. The second-order valence-electron chi connectivity index (χ2n) is 5.85. The predicted octanol–water partition coefficient (Wildman–Crippen LogP) is 1.72. The maximum atomic E-state index is 12.7. The molecule has 4 rings (SSSR count). The molecule has 4 heterocycles. The number of furan rings is 1. The Morgan fingerprint density at radius 3 is 2.79 bits per heavy atom. The molecule has 0 spiro atoms. The summed E-state index contributed by atoms with van der Waals surface area (Å²) in [7, 11) is 0. The van der Waals surface area contributed by atoms with Gasteiger partial charge in [0.05, 0.1) is 11.6 Å². The van der Waals surface area contributed by atoms with Gasteiger partial charge in [-0.05, 0) is 24.7 Å². The van der Waals surface area contributed by atoms with E-state index in [0.29, 0.717) is 28.3 Å². The van der Waals surface area contributed by atoms with E-state index in [1.54, 1.807) is 24.6 Å². The third kappa shape index (κ3) is 2.56. The summed E-state index contributed by atoms with van der Waals surface area (Å²) in [5, 5.41) is 0.461. The van der Waals surface area contributed by atoms with Crippen LogP contribution in [0.1, 0.15) is 6.92 Å². The highest BCUT2D eigenvalue weighted by Gasteiger charge is 2.20. The van der Waals surface area contributed by atoms with Gasteiger partial charge in [-0.25, -0.2) is 4.98 Å². The van der Waals surface area contributed by atoms with Crippen LogP contribution in [0.25, 0.3) is 22.4 Å². The summed E-state index contributed by atoms with van der Waals surface area (Å²) in [5.41, 5.74) is 0.967. The zero-order valence-corrected chi connectivity index (χ0v) is 13.5. The van der Waals surface area contributed by atoms with Crippen LogP contribution in [0.2, 0.25) is 0 Å². The number of aromatic amines is 1. The smallest absolute Gasteiger partial charge is 0.262 e. The second kappa shape index (κ2) is 6.09. The van der Waals surface area contributed by atoms with E-state index < -0.39 is 0 Å². The van der Waals surface area contributed by atoms with Crippen molar-refractivity contribution in [2.45, 2.75) is 6.92 Å². The lowest BCUT2D eigenvalue weighted by molar-refractivity contribution is 0.270. The summed E-state index contributed by atoms with van der Waals surface area (Å²) in [6.45, 7) is 6.84. The van der Waals surface area contributed by atoms with E-state index in [0.717, 1.165) is 32.7 Å². The van der Waals surface area contributed by atoms with Gasteiger partial charge in [0, 0.05) is 37.9 Å². The number of anilines is 1. The van der Waals surface area contributed by atoms with E-state index in [9.17, 15) is 4.79 Å². The van der Waals surface area contributed by atoms with Gasteiger partial charge in [-0.1, -0.05) is 6.92 Å². The maximum Gasteiger partial charge on any atom is 0.262 e. The normalized spacial score (nSPS) is 16.0. The molecule has 1 saturated heterocycles. The van der Waals surface area contributed by atoms with Crippen molar-refractivity contribution in [2.24, 2.45) is 0 Å². The van der Waals surface area contributed by atoms with Crippen molar-refractivity contribution in [1.82, 2.24) is 19.9 Å². The molecular weight excluding hydrogens is 306 g/mol. The maximum absolute atomic E-state index is 12.7. The molecule has 3 aromatic rings. The first-order chi connectivity index (χ1) is 11.8. The number of H-pyrrole nitrogens is 1. The fourth-order valence-electron chi connectivity index (χ4n) is 3.11. The third-order valence-electron chi connectivity index (χ3n) is 4.50. The Bertz CT molecular complexity index is 895. The molecule has 1 N–H and O–H groups in total. The summed E-state index contributed by atoms with van der Waals surface area (Å²) in [6, 6.07) is 5.40. The number of likely N-dealkylation sites (N-methyl/N-ethyl adjacent to an activating group) is 1. The van der Waals surface area contributed by atoms with E-state index in [-0.39, 0.29) is 5.56 Å². The topological polar surface area (TPSA) is 78.3 Å². The molecule has 0 aromatic carbocycles. The molecule has 7 heteroatoms. The first-order valence-corrected chi connectivity index (χ1v) is 8.16. The number of hydrogen-bond donors (Lipinski definition) is 1. The summed E-state index contributed by atoms with van der Waals surface area (Å²) in [6.07, 6.45) is 3.25. The average Bonchev–Trinajstić information content (AvgIpc) is 3.15. The quantitative estimate of drug-likeness (QED) is 0.790. The Kier molecular flexibility index (Phi) is 3.78. The van der Waals surface area contributed by atoms with Crippen LogP contribution in [0.5, 0.6) is 0 Å². The van der Waals surface area contributed by atoms with Crippen LogP contribution in [0.4, 0.5) is 5.95 Å². The van der Waals surface area contributed by atoms with E-state index in [4.69, 9.17) is 4.42 Å². The van der Waals surface area contributed by atoms with Crippen molar-refractivity contribution < 1.29 is 4.42 Å². The number of aromatic nitrogens is 3. The van der Waals surface area contributed by atoms with Crippen molar-refractivity contribution in [3.05, 3.63) is 41.0 Å². The number of hydrogen-bond acceptors (Lipinski definition) is 6. The van der Waals surface area contributed by atoms with Crippen LogP contribution in [0.3, 0.4) is 0 Å². The van der Waals surface area contributed by atoms with Gasteiger partial charge in [-0.3, -0.25) is 9.78 Å². The Balaban J connectivity index is 1.75. The van der Waals surface area contributed by atoms with Gasteiger partial charge in [-0.2, -0.15) is 4.98 Å². The van der Waals surface area contributed by atoms with Gasteiger partial charge < -0.3 is 14.2 Å². The van der Waals surface area contributed by atoms with Crippen LogP contribution < -0.4 is 10.5 Å². The molecule has 0 amide bonds. The molecule has 3 aromatic heterocycles. The lowest BCUT2D eigenvalue weighted by Crippen LogP contribution is -2.47. The minimum atomic E-state index is -0.188. The van der Waals surface area contributed by atoms with E-state index >= 15 is 0 Å². The van der Waals surface area contributed by atoms with Crippen LogP contribution in [-0.2, 0) is 0 Å². The molecule has 1 aliphatic heterocycles. The summed E-state index contributed by atoms with van der Waals surface area (Å²) < 4.78 is 5.43. The SMILES string of the molecule is CCN1CCN(c2nc3nccc(-c4ccco4)c3c(=O)[nH]2)CC1. The van der Waals surface area contributed by atoms with Crippen LogP contribution in [-0.4, -0.2) is 52.6 Å². The fourth-order valence-corrected chi connectivity index (χ4v) is 3.11. The molecule has 7 nitrogen and oxygen atoms in total. The van der Waals surface area contributed by atoms with E-state index in [1.165, 1.54) is 0 Å². The molecule has 0 radical (unpaired) electrons. The summed E-state index contributed by atoms with van der Waals surface area (Å²) in [5.74, 6) is 1.23. The average molecular weight is 325 g/mol. The Morgan fingerprint density at radius 1 is 1.25 bits per heavy atom. The summed E-state index contributed by atoms with van der Waals surface area (Å²) >= 11 is 0. The number of pyridine rings is 1. The fraction of sp³-hybridized carbons (Fsp3) is 0.353. The zero-order valence-electron chi connectivity index (χ0n) is 13.5. The first kappa shape index (κ1) is 14.9. The lowest BCUT2D eigenvalue weighted by Gasteiger charge is -2.34. The van der Waals surface area contributed by atoms with Crippen LogP contribution >= 0.6 is 0 Å². The number of piperazine rings is 1. The molecule has 0 atom stereocenters. The first-order valence-electron chi connectivity index (χ1n) is 8.16. The second-order valence-corrected chi connectivity index (χ2v) is 5.85. The van der Waals surface area contributed by atoms with Gasteiger partial charge >= 0.3 is 0 Å². The van der Waals surface area contributed by atoms with Crippen molar-refractivity contribution in [1.29, 1.82) is 0 Å². The Hall–Kier alpha value is -2.67. The molecule has 124 valence electrons. The number of rotatable bonds is 3. The van der Waals surface area contributed by atoms with Crippen molar-refractivity contribution >= 4 is 17.0 Å². The third-order valence-corrected chi connectivity index (χ3v) is 4.50. The van der Waals surface area contributed by atoms with Gasteiger partial charge in [-0.15, -0.1) is 0 Å². The van der Waals surface area contributed by atoms with Crippen LogP contribution in [0, 0.1) is 0 Å².